The molecular weight excluding hydrogens is 243 g/mol. The van der Waals surface area contributed by atoms with Gasteiger partial charge in [-0.3, -0.25) is 0 Å². The Morgan fingerprint density at radius 2 is 1.94 bits per heavy atom. The predicted molar refractivity (Wildman–Crippen MR) is 62.7 cm³/mol. The summed E-state index contributed by atoms with van der Waals surface area (Å²) in [6, 6.07) is 3.97. The number of quaternary nitrogens is 1. The fourth-order valence-electron chi connectivity index (χ4n) is 2.37. The molecule has 1 saturated heterocycles. The Hall–Kier alpha value is -0.310. The van der Waals surface area contributed by atoms with Crippen molar-refractivity contribution in [3.63, 3.8) is 0 Å². The lowest BCUT2D eigenvalue weighted by atomic mass is 10.1. The normalized spacial score (nSPS) is 18.9. The Balaban J connectivity index is 0.00000128. The van der Waals surface area contributed by atoms with Crippen molar-refractivity contribution in [3.8, 4) is 0 Å². The Kier molecular flexibility index (Phi) is 5.03. The molecule has 0 saturated carbocycles. The Morgan fingerprint density at radius 3 is 2.50 bits per heavy atom. The van der Waals surface area contributed by atoms with Crippen LogP contribution in [-0.2, 0) is 6.54 Å². The summed E-state index contributed by atoms with van der Waals surface area (Å²) in [5, 5.41) is 0.583. The molecule has 4 heteroatoms. The third kappa shape index (κ3) is 3.62. The minimum absolute atomic E-state index is 0. The second kappa shape index (κ2) is 5.85. The van der Waals surface area contributed by atoms with Gasteiger partial charge < -0.3 is 16.9 Å². The largest absolute Gasteiger partial charge is 1.00 e. The van der Waals surface area contributed by atoms with Crippen LogP contribution in [0.5, 0.6) is 0 Å². The first-order valence-electron chi connectivity index (χ1n) is 5.62. The zero-order valence-corrected chi connectivity index (χ0v) is 11.1. The molecule has 0 unspecified atom stereocenters. The van der Waals surface area contributed by atoms with E-state index in [0.717, 1.165) is 11.0 Å². The highest BCUT2D eigenvalue weighted by Gasteiger charge is 2.24. The molecule has 16 heavy (non-hydrogen) atoms. The van der Waals surface area contributed by atoms with Crippen molar-refractivity contribution in [3.05, 3.63) is 29.0 Å². The average Bonchev–Trinajstić information content (AvgIpc) is 2.22. The second-order valence-electron chi connectivity index (χ2n) is 4.77. The van der Waals surface area contributed by atoms with E-state index < -0.39 is 0 Å². The maximum Gasteiger partial charge on any atom is 0.129 e. The molecular formula is C12H18Cl2N2. The molecule has 0 radical (unpaired) electrons. The molecule has 2 heterocycles. The van der Waals surface area contributed by atoms with Gasteiger partial charge in [-0.2, -0.15) is 0 Å². The number of pyridine rings is 1. The number of hydrogen-bond donors (Lipinski definition) is 0. The third-order valence-corrected chi connectivity index (χ3v) is 3.47. The summed E-state index contributed by atoms with van der Waals surface area (Å²) in [5.74, 6) is 0. The summed E-state index contributed by atoms with van der Waals surface area (Å²) in [6.07, 6.45) is 6.02. The first kappa shape index (κ1) is 13.8. The number of piperidine rings is 1. The summed E-state index contributed by atoms with van der Waals surface area (Å²) in [7, 11) is 2.34. The van der Waals surface area contributed by atoms with Crippen LogP contribution >= 0.6 is 11.6 Å². The molecule has 0 spiro atoms. The van der Waals surface area contributed by atoms with E-state index in [1.54, 1.807) is 0 Å². The zero-order valence-electron chi connectivity index (χ0n) is 9.63. The molecule has 0 atom stereocenters. The van der Waals surface area contributed by atoms with Gasteiger partial charge in [-0.1, -0.05) is 11.6 Å². The molecule has 0 aliphatic carbocycles. The SMILES string of the molecule is C[N+]1(Cc2ccc(Cl)nc2)CCCCC1.[Cl-]. The van der Waals surface area contributed by atoms with Crippen LogP contribution in [0.2, 0.25) is 5.15 Å². The van der Waals surface area contributed by atoms with Crippen molar-refractivity contribution in [1.82, 2.24) is 4.98 Å². The molecule has 1 aromatic heterocycles. The van der Waals surface area contributed by atoms with Crippen LogP contribution in [0.25, 0.3) is 0 Å². The molecule has 0 bridgehead atoms. The molecule has 1 aliphatic heterocycles. The molecule has 1 aromatic rings. The van der Waals surface area contributed by atoms with Gasteiger partial charge in [0.2, 0.25) is 0 Å². The van der Waals surface area contributed by atoms with Crippen LogP contribution in [0.3, 0.4) is 0 Å². The minimum Gasteiger partial charge on any atom is -1.00 e. The first-order valence-corrected chi connectivity index (χ1v) is 6.00. The van der Waals surface area contributed by atoms with Gasteiger partial charge in [0.1, 0.15) is 11.7 Å². The fraction of sp³-hybridized carbons (Fsp3) is 0.583. The van der Waals surface area contributed by atoms with Crippen LogP contribution in [0, 0.1) is 0 Å². The average molecular weight is 261 g/mol. The maximum atomic E-state index is 5.77. The van der Waals surface area contributed by atoms with E-state index in [9.17, 15) is 0 Å². The predicted octanol–water partition coefficient (Wildman–Crippen LogP) is -0.130. The highest BCUT2D eigenvalue weighted by atomic mass is 35.5. The van der Waals surface area contributed by atoms with E-state index >= 15 is 0 Å². The van der Waals surface area contributed by atoms with Gasteiger partial charge in [0.25, 0.3) is 0 Å². The van der Waals surface area contributed by atoms with Crippen LogP contribution in [0.1, 0.15) is 24.8 Å². The van der Waals surface area contributed by atoms with Crippen molar-refractivity contribution in [2.75, 3.05) is 20.1 Å². The molecule has 2 nitrogen and oxygen atoms in total. The van der Waals surface area contributed by atoms with E-state index in [2.05, 4.69) is 18.1 Å². The molecule has 2 rings (SSSR count). The van der Waals surface area contributed by atoms with Crippen molar-refractivity contribution in [2.24, 2.45) is 0 Å². The Morgan fingerprint density at radius 1 is 1.25 bits per heavy atom. The van der Waals surface area contributed by atoms with E-state index in [1.165, 1.54) is 37.9 Å². The highest BCUT2D eigenvalue weighted by Crippen LogP contribution is 2.20. The Labute approximate surface area is 109 Å². The lowest BCUT2D eigenvalue weighted by molar-refractivity contribution is -0.926. The quantitative estimate of drug-likeness (QED) is 0.534. The summed E-state index contributed by atoms with van der Waals surface area (Å²) in [5.41, 5.74) is 1.30. The van der Waals surface area contributed by atoms with Gasteiger partial charge in [-0.05, 0) is 31.4 Å². The van der Waals surface area contributed by atoms with Gasteiger partial charge >= 0.3 is 0 Å². The van der Waals surface area contributed by atoms with Crippen molar-refractivity contribution in [1.29, 1.82) is 0 Å². The molecule has 0 amide bonds. The maximum absolute atomic E-state index is 5.77. The summed E-state index contributed by atoms with van der Waals surface area (Å²) < 4.78 is 1.16. The van der Waals surface area contributed by atoms with Crippen LogP contribution in [0.15, 0.2) is 18.3 Å². The van der Waals surface area contributed by atoms with Crippen LogP contribution < -0.4 is 12.4 Å². The smallest absolute Gasteiger partial charge is 0.129 e. The van der Waals surface area contributed by atoms with E-state index in [0.29, 0.717) is 5.15 Å². The summed E-state index contributed by atoms with van der Waals surface area (Å²) in [4.78, 5) is 4.13. The zero-order chi connectivity index (χ0) is 10.7. The van der Waals surface area contributed by atoms with Gasteiger partial charge in [0.15, 0.2) is 0 Å². The second-order valence-corrected chi connectivity index (χ2v) is 5.16. The van der Waals surface area contributed by atoms with Crippen molar-refractivity contribution >= 4 is 11.6 Å². The van der Waals surface area contributed by atoms with E-state index in [-0.39, 0.29) is 12.4 Å². The van der Waals surface area contributed by atoms with E-state index in [1.807, 2.05) is 12.3 Å². The van der Waals surface area contributed by atoms with Gasteiger partial charge in [-0.15, -0.1) is 0 Å². The number of hydrogen-bond acceptors (Lipinski definition) is 1. The number of halogens is 2. The minimum atomic E-state index is 0. The lowest BCUT2D eigenvalue weighted by Gasteiger charge is -2.37. The van der Waals surface area contributed by atoms with Crippen LogP contribution in [0.4, 0.5) is 0 Å². The highest BCUT2D eigenvalue weighted by molar-refractivity contribution is 6.29. The fourth-order valence-corrected chi connectivity index (χ4v) is 2.49. The molecule has 0 aromatic carbocycles. The van der Waals surface area contributed by atoms with Gasteiger partial charge in [-0.25, -0.2) is 4.98 Å². The van der Waals surface area contributed by atoms with Gasteiger partial charge in [0.05, 0.1) is 20.1 Å². The Bertz CT molecular complexity index is 318. The summed E-state index contributed by atoms with van der Waals surface area (Å²) >= 11 is 5.77. The number of likely N-dealkylation sites (tertiary alicyclic amines) is 1. The number of aromatic nitrogens is 1. The standard InChI is InChI=1S/C12H18ClN2.ClH/c1-15(7-3-2-4-8-15)10-11-5-6-12(13)14-9-11;/h5-6,9H,2-4,7-8,10H2,1H3;1H/q+1;/p-1. The topological polar surface area (TPSA) is 12.9 Å². The molecule has 90 valence electrons. The molecule has 0 N–H and O–H groups in total. The van der Waals surface area contributed by atoms with Gasteiger partial charge in [0, 0.05) is 11.8 Å². The van der Waals surface area contributed by atoms with Crippen molar-refractivity contribution in [2.45, 2.75) is 25.8 Å². The van der Waals surface area contributed by atoms with E-state index in [4.69, 9.17) is 11.6 Å². The molecule has 1 fully saturated rings. The number of nitrogens with zero attached hydrogens (tertiary/aromatic N) is 2. The van der Waals surface area contributed by atoms with Crippen molar-refractivity contribution < 1.29 is 16.9 Å². The molecule has 1 aliphatic rings. The monoisotopic (exact) mass is 260 g/mol. The third-order valence-electron chi connectivity index (χ3n) is 3.25. The first-order chi connectivity index (χ1) is 7.18. The van der Waals surface area contributed by atoms with Crippen LogP contribution in [-0.4, -0.2) is 29.6 Å². The number of rotatable bonds is 2. The summed E-state index contributed by atoms with van der Waals surface area (Å²) in [6.45, 7) is 3.68. The lowest BCUT2D eigenvalue weighted by Crippen LogP contribution is -3.00.